The Morgan fingerprint density at radius 3 is 1.57 bits per heavy atom. The van der Waals surface area contributed by atoms with Gasteiger partial charge in [-0.25, -0.2) is 0 Å². The Hall–Kier alpha value is -6.58. The summed E-state index contributed by atoms with van der Waals surface area (Å²) in [4.78, 5) is 2.31. The lowest BCUT2D eigenvalue weighted by molar-refractivity contribution is 0.669. The fourth-order valence-electron chi connectivity index (χ4n) is 7.18. The van der Waals surface area contributed by atoms with E-state index in [4.69, 9.17) is 8.83 Å². The Labute approximate surface area is 282 Å². The molecule has 0 spiro atoms. The lowest BCUT2D eigenvalue weighted by atomic mass is 10.0. The van der Waals surface area contributed by atoms with Crippen molar-refractivity contribution < 1.29 is 8.83 Å². The normalized spacial score (nSPS) is 11.7. The zero-order valence-electron chi connectivity index (χ0n) is 26.5. The largest absolute Gasteiger partial charge is 0.456 e. The monoisotopic (exact) mass is 627 g/mol. The predicted octanol–water partition coefficient (Wildman–Crippen LogP) is 13.4. The van der Waals surface area contributed by atoms with E-state index in [-0.39, 0.29) is 0 Å². The molecule has 0 saturated heterocycles. The van der Waals surface area contributed by atoms with Gasteiger partial charge in [0.25, 0.3) is 0 Å². The van der Waals surface area contributed by atoms with Crippen molar-refractivity contribution >= 4 is 71.7 Å². The lowest BCUT2D eigenvalue weighted by Crippen LogP contribution is -2.09. The van der Waals surface area contributed by atoms with Crippen LogP contribution in [0, 0.1) is 0 Å². The average Bonchev–Trinajstić information content (AvgIpc) is 3.72. The van der Waals surface area contributed by atoms with Gasteiger partial charge in [0.2, 0.25) is 0 Å². The second-order valence-corrected chi connectivity index (χ2v) is 12.6. The van der Waals surface area contributed by atoms with Gasteiger partial charge in [0, 0.05) is 38.6 Å². The van der Waals surface area contributed by atoms with E-state index in [2.05, 4.69) is 169 Å². The number of hydrogen-bond donors (Lipinski definition) is 0. The molecule has 0 N–H and O–H groups in total. The third-order valence-electron chi connectivity index (χ3n) is 9.65. The average molecular weight is 628 g/mol. The highest BCUT2D eigenvalue weighted by atomic mass is 16.3. The summed E-state index contributed by atoms with van der Waals surface area (Å²) in [5.74, 6) is 0. The van der Waals surface area contributed by atoms with Crippen molar-refractivity contribution in [2.75, 3.05) is 4.90 Å². The summed E-state index contributed by atoms with van der Waals surface area (Å²) in [6.45, 7) is 0. The SMILES string of the molecule is c1ccc(-c2ccc(N(c3ccc(-c4ccc5c(c4)oc4cc6ccccc6cc45)cc3)c3ccc4oc5ccccc5c4c3)cc2)cc1. The third kappa shape index (κ3) is 4.67. The van der Waals surface area contributed by atoms with Crippen LogP contribution in [0.15, 0.2) is 185 Å². The van der Waals surface area contributed by atoms with Gasteiger partial charge < -0.3 is 13.7 Å². The van der Waals surface area contributed by atoms with Crippen LogP contribution in [-0.2, 0) is 0 Å². The highest BCUT2D eigenvalue weighted by Gasteiger charge is 2.17. The fraction of sp³-hybridized carbons (Fsp3) is 0. The number of fused-ring (bicyclic) bond motifs is 7. The summed E-state index contributed by atoms with van der Waals surface area (Å²) in [6.07, 6.45) is 0. The topological polar surface area (TPSA) is 29.5 Å². The van der Waals surface area contributed by atoms with Crippen molar-refractivity contribution in [1.29, 1.82) is 0 Å². The van der Waals surface area contributed by atoms with Crippen molar-refractivity contribution in [2.24, 2.45) is 0 Å². The minimum absolute atomic E-state index is 0.883. The second kappa shape index (κ2) is 11.0. The van der Waals surface area contributed by atoms with Crippen LogP contribution in [0.4, 0.5) is 17.1 Å². The minimum atomic E-state index is 0.883. The summed E-state index contributed by atoms with van der Waals surface area (Å²) < 4.78 is 12.6. The summed E-state index contributed by atoms with van der Waals surface area (Å²) >= 11 is 0. The molecule has 0 amide bonds. The molecule has 49 heavy (non-hydrogen) atoms. The van der Waals surface area contributed by atoms with Crippen molar-refractivity contribution in [3.05, 3.63) is 176 Å². The fourth-order valence-corrected chi connectivity index (χ4v) is 7.18. The molecular weight excluding hydrogens is 599 g/mol. The van der Waals surface area contributed by atoms with E-state index < -0.39 is 0 Å². The van der Waals surface area contributed by atoms with Crippen LogP contribution in [0.25, 0.3) is 76.9 Å². The van der Waals surface area contributed by atoms with Gasteiger partial charge in [0.15, 0.2) is 0 Å². The number of rotatable bonds is 5. The van der Waals surface area contributed by atoms with Gasteiger partial charge in [-0.3, -0.25) is 0 Å². The first-order valence-corrected chi connectivity index (χ1v) is 16.6. The maximum atomic E-state index is 6.38. The smallest absolute Gasteiger partial charge is 0.136 e. The molecule has 0 bridgehead atoms. The van der Waals surface area contributed by atoms with Crippen molar-refractivity contribution in [3.8, 4) is 22.3 Å². The van der Waals surface area contributed by atoms with E-state index in [1.807, 2.05) is 12.1 Å². The lowest BCUT2D eigenvalue weighted by Gasteiger charge is -2.26. The van der Waals surface area contributed by atoms with Crippen LogP contribution >= 0.6 is 0 Å². The summed E-state index contributed by atoms with van der Waals surface area (Å²) in [7, 11) is 0. The molecule has 0 radical (unpaired) electrons. The molecule has 2 aromatic heterocycles. The molecule has 10 aromatic rings. The molecule has 8 aromatic carbocycles. The summed E-state index contributed by atoms with van der Waals surface area (Å²) in [5, 5.41) is 6.90. The molecular formula is C46H29NO2. The number of anilines is 3. The first-order chi connectivity index (χ1) is 24.2. The highest BCUT2D eigenvalue weighted by Crippen LogP contribution is 2.40. The third-order valence-corrected chi connectivity index (χ3v) is 9.65. The maximum absolute atomic E-state index is 6.38. The van der Waals surface area contributed by atoms with Gasteiger partial charge >= 0.3 is 0 Å². The van der Waals surface area contributed by atoms with Gasteiger partial charge in [-0.1, -0.05) is 103 Å². The van der Waals surface area contributed by atoms with Gasteiger partial charge in [-0.15, -0.1) is 0 Å². The molecule has 0 saturated carbocycles. The molecule has 0 aliphatic carbocycles. The molecule has 0 aliphatic heterocycles. The molecule has 230 valence electrons. The van der Waals surface area contributed by atoms with Crippen molar-refractivity contribution in [3.63, 3.8) is 0 Å². The minimum Gasteiger partial charge on any atom is -0.456 e. The number of furan rings is 2. The van der Waals surface area contributed by atoms with Crippen LogP contribution in [0.3, 0.4) is 0 Å². The summed E-state index contributed by atoms with van der Waals surface area (Å²) in [6, 6.07) is 62.1. The molecule has 10 rings (SSSR count). The standard InChI is InChI=1S/C46H29NO2/c1-2-8-30(9-3-1)31-14-19-36(20-15-31)47(38-23-25-44-42(29-38)39-12-6-7-13-43(39)48-44)37-21-16-32(17-22-37)35-18-24-40-41-26-33-10-4-5-11-34(33)27-46(41)49-45(40)28-35/h1-29H. The second-order valence-electron chi connectivity index (χ2n) is 12.6. The van der Waals surface area contributed by atoms with Gasteiger partial charge in [-0.2, -0.15) is 0 Å². The Morgan fingerprint density at radius 1 is 0.286 bits per heavy atom. The van der Waals surface area contributed by atoms with Crippen LogP contribution in [0.2, 0.25) is 0 Å². The highest BCUT2D eigenvalue weighted by molar-refractivity contribution is 6.11. The van der Waals surface area contributed by atoms with Gasteiger partial charge in [0.05, 0.1) is 0 Å². The molecule has 3 heteroatoms. The first-order valence-electron chi connectivity index (χ1n) is 16.6. The molecule has 0 fully saturated rings. The number of para-hydroxylation sites is 1. The van der Waals surface area contributed by atoms with E-state index in [1.165, 1.54) is 21.9 Å². The van der Waals surface area contributed by atoms with E-state index in [9.17, 15) is 0 Å². The van der Waals surface area contributed by atoms with E-state index >= 15 is 0 Å². The number of hydrogen-bond acceptors (Lipinski definition) is 3. The summed E-state index contributed by atoms with van der Waals surface area (Å²) in [5.41, 5.74) is 11.4. The number of benzene rings is 8. The first kappa shape index (κ1) is 27.5. The van der Waals surface area contributed by atoms with Crippen molar-refractivity contribution in [2.45, 2.75) is 0 Å². The molecule has 0 unspecified atom stereocenters. The van der Waals surface area contributed by atoms with Crippen LogP contribution in [0.1, 0.15) is 0 Å². The zero-order chi connectivity index (χ0) is 32.3. The predicted molar refractivity (Wildman–Crippen MR) is 204 cm³/mol. The Bertz CT molecular complexity index is 2810. The van der Waals surface area contributed by atoms with Crippen molar-refractivity contribution in [1.82, 2.24) is 0 Å². The van der Waals surface area contributed by atoms with Crippen LogP contribution in [0.5, 0.6) is 0 Å². The molecule has 2 heterocycles. The zero-order valence-corrected chi connectivity index (χ0v) is 26.5. The maximum Gasteiger partial charge on any atom is 0.136 e. The quantitative estimate of drug-likeness (QED) is 0.190. The van der Waals surface area contributed by atoms with Gasteiger partial charge in [0.1, 0.15) is 22.3 Å². The van der Waals surface area contributed by atoms with E-state index in [0.717, 1.165) is 72.1 Å². The van der Waals surface area contributed by atoms with E-state index in [1.54, 1.807) is 0 Å². The Morgan fingerprint density at radius 2 is 0.796 bits per heavy atom. The van der Waals surface area contributed by atoms with Crippen LogP contribution < -0.4 is 4.90 Å². The van der Waals surface area contributed by atoms with Gasteiger partial charge in [-0.05, 0) is 106 Å². The Balaban J connectivity index is 1.06. The molecule has 0 aliphatic rings. The van der Waals surface area contributed by atoms with Crippen LogP contribution in [-0.4, -0.2) is 0 Å². The molecule has 3 nitrogen and oxygen atoms in total. The molecule has 0 atom stereocenters. The Kier molecular flexibility index (Phi) is 6.18. The number of nitrogens with zero attached hydrogens (tertiary/aromatic N) is 1. The van der Waals surface area contributed by atoms with E-state index in [0.29, 0.717) is 0 Å².